The van der Waals surface area contributed by atoms with Crippen molar-refractivity contribution in [1.29, 1.82) is 0 Å². The molecule has 2 heteroatoms. The standard InChI is InChI=1S/C31H25NO/c1-21-9-2-3-12-24(21)20-32-29-18-17-23-11-5-7-15-26(23)31(29)28(19-30(32)33)27-16-8-13-22-10-4-6-14-25(22)27/h2-18,28H,19-20H2,1H3. The first-order chi connectivity index (χ1) is 16.2. The summed E-state index contributed by atoms with van der Waals surface area (Å²) >= 11 is 0. The highest BCUT2D eigenvalue weighted by Crippen LogP contribution is 2.46. The van der Waals surface area contributed by atoms with Crippen molar-refractivity contribution in [3.8, 4) is 0 Å². The number of rotatable bonds is 3. The third-order valence-electron chi connectivity index (χ3n) is 7.06. The molecule has 0 saturated heterocycles. The van der Waals surface area contributed by atoms with E-state index in [1.165, 1.54) is 43.8 Å². The Morgan fingerprint density at radius 2 is 1.39 bits per heavy atom. The molecule has 160 valence electrons. The number of amides is 1. The number of nitrogens with zero attached hydrogens (tertiary/aromatic N) is 1. The summed E-state index contributed by atoms with van der Waals surface area (Å²) in [5, 5.41) is 4.89. The third-order valence-corrected chi connectivity index (χ3v) is 7.06. The summed E-state index contributed by atoms with van der Waals surface area (Å²) in [7, 11) is 0. The predicted octanol–water partition coefficient (Wildman–Crippen LogP) is 7.37. The topological polar surface area (TPSA) is 20.3 Å². The highest BCUT2D eigenvalue weighted by atomic mass is 16.2. The number of fused-ring (bicyclic) bond motifs is 4. The molecular formula is C31H25NO. The molecule has 1 heterocycles. The molecule has 2 nitrogen and oxygen atoms in total. The van der Waals surface area contributed by atoms with E-state index >= 15 is 0 Å². The number of anilines is 1. The first-order valence-corrected chi connectivity index (χ1v) is 11.5. The number of carbonyl (C=O) groups is 1. The maximum absolute atomic E-state index is 13.7. The van der Waals surface area contributed by atoms with Crippen LogP contribution in [-0.4, -0.2) is 5.91 Å². The Hall–Kier alpha value is -3.91. The molecule has 0 N–H and O–H groups in total. The summed E-state index contributed by atoms with van der Waals surface area (Å²) in [5.74, 6) is 0.205. The lowest BCUT2D eigenvalue weighted by Gasteiger charge is -2.36. The van der Waals surface area contributed by atoms with Crippen molar-refractivity contribution in [2.75, 3.05) is 4.90 Å². The molecule has 0 spiro atoms. The Kier molecular flexibility index (Phi) is 4.73. The third kappa shape index (κ3) is 3.30. The number of hydrogen-bond acceptors (Lipinski definition) is 1. The van der Waals surface area contributed by atoms with Crippen molar-refractivity contribution < 1.29 is 4.79 Å². The van der Waals surface area contributed by atoms with Crippen LogP contribution < -0.4 is 4.90 Å². The Bertz CT molecular complexity index is 1510. The van der Waals surface area contributed by atoms with Crippen molar-refractivity contribution in [2.24, 2.45) is 0 Å². The zero-order chi connectivity index (χ0) is 22.4. The summed E-state index contributed by atoms with van der Waals surface area (Å²) in [4.78, 5) is 15.6. The molecule has 1 unspecified atom stereocenters. The highest BCUT2D eigenvalue weighted by molar-refractivity contribution is 6.04. The van der Waals surface area contributed by atoms with E-state index in [1.54, 1.807) is 0 Å². The Labute approximate surface area is 194 Å². The minimum atomic E-state index is 0.0258. The normalized spacial score (nSPS) is 15.7. The zero-order valence-electron chi connectivity index (χ0n) is 18.7. The number of hydrogen-bond donors (Lipinski definition) is 0. The van der Waals surface area contributed by atoms with Crippen molar-refractivity contribution >= 4 is 33.1 Å². The van der Waals surface area contributed by atoms with Crippen molar-refractivity contribution in [2.45, 2.75) is 25.8 Å². The molecule has 0 bridgehead atoms. The van der Waals surface area contributed by atoms with E-state index in [0.29, 0.717) is 13.0 Å². The van der Waals surface area contributed by atoms with E-state index in [9.17, 15) is 4.79 Å². The molecular weight excluding hydrogens is 402 g/mol. The highest BCUT2D eigenvalue weighted by Gasteiger charge is 2.34. The van der Waals surface area contributed by atoms with Crippen LogP contribution in [0.3, 0.4) is 0 Å². The largest absolute Gasteiger partial charge is 0.308 e. The van der Waals surface area contributed by atoms with Gasteiger partial charge in [-0.25, -0.2) is 0 Å². The van der Waals surface area contributed by atoms with E-state index in [0.717, 1.165) is 5.69 Å². The molecule has 33 heavy (non-hydrogen) atoms. The Balaban J connectivity index is 1.58. The van der Waals surface area contributed by atoms with Crippen LogP contribution in [-0.2, 0) is 11.3 Å². The molecule has 1 aliphatic heterocycles. The van der Waals surface area contributed by atoms with Gasteiger partial charge in [-0.05, 0) is 56.8 Å². The number of aryl methyl sites for hydroxylation is 1. The van der Waals surface area contributed by atoms with E-state index in [-0.39, 0.29) is 11.8 Å². The van der Waals surface area contributed by atoms with Crippen LogP contribution in [0.15, 0.2) is 103 Å². The predicted molar refractivity (Wildman–Crippen MR) is 137 cm³/mol. The number of carbonyl (C=O) groups excluding carboxylic acids is 1. The fourth-order valence-corrected chi connectivity index (χ4v) is 5.36. The maximum Gasteiger partial charge on any atom is 0.228 e. The summed E-state index contributed by atoms with van der Waals surface area (Å²) in [5.41, 5.74) is 5.93. The Morgan fingerprint density at radius 3 is 2.21 bits per heavy atom. The van der Waals surface area contributed by atoms with Crippen LogP contribution in [0.1, 0.15) is 34.6 Å². The molecule has 1 atom stereocenters. The van der Waals surface area contributed by atoms with E-state index in [2.05, 4.69) is 110 Å². The van der Waals surface area contributed by atoms with Gasteiger partial charge in [0.1, 0.15) is 0 Å². The molecule has 1 aliphatic rings. The maximum atomic E-state index is 13.7. The smallest absolute Gasteiger partial charge is 0.228 e. The lowest BCUT2D eigenvalue weighted by molar-refractivity contribution is -0.119. The van der Waals surface area contributed by atoms with Crippen LogP contribution in [0.25, 0.3) is 21.5 Å². The lowest BCUT2D eigenvalue weighted by atomic mass is 9.79. The zero-order valence-corrected chi connectivity index (χ0v) is 18.7. The minimum Gasteiger partial charge on any atom is -0.308 e. The van der Waals surface area contributed by atoms with Crippen LogP contribution in [0.5, 0.6) is 0 Å². The first-order valence-electron chi connectivity index (χ1n) is 11.5. The molecule has 0 aliphatic carbocycles. The quantitative estimate of drug-likeness (QED) is 0.294. The minimum absolute atomic E-state index is 0.0258. The van der Waals surface area contributed by atoms with Gasteiger partial charge in [-0.1, -0.05) is 97.1 Å². The van der Waals surface area contributed by atoms with Crippen molar-refractivity contribution in [3.63, 3.8) is 0 Å². The van der Waals surface area contributed by atoms with Crippen LogP contribution in [0.4, 0.5) is 5.69 Å². The Morgan fingerprint density at radius 1 is 0.727 bits per heavy atom. The molecule has 6 rings (SSSR count). The first kappa shape index (κ1) is 19.8. The summed E-state index contributed by atoms with van der Waals surface area (Å²) < 4.78 is 0. The lowest BCUT2D eigenvalue weighted by Crippen LogP contribution is -2.36. The molecule has 1 amide bonds. The van der Waals surface area contributed by atoms with Gasteiger partial charge in [-0.3, -0.25) is 4.79 Å². The summed E-state index contributed by atoms with van der Waals surface area (Å²) in [6, 6.07) is 36.2. The van der Waals surface area contributed by atoms with E-state index in [4.69, 9.17) is 0 Å². The fraction of sp³-hybridized carbons (Fsp3) is 0.129. The van der Waals surface area contributed by atoms with Crippen LogP contribution in [0.2, 0.25) is 0 Å². The van der Waals surface area contributed by atoms with Gasteiger partial charge in [0.15, 0.2) is 0 Å². The molecule has 5 aromatic rings. The van der Waals surface area contributed by atoms with Gasteiger partial charge in [-0.2, -0.15) is 0 Å². The van der Waals surface area contributed by atoms with Gasteiger partial charge in [-0.15, -0.1) is 0 Å². The molecule has 0 fully saturated rings. The van der Waals surface area contributed by atoms with Crippen LogP contribution >= 0.6 is 0 Å². The van der Waals surface area contributed by atoms with E-state index in [1.807, 2.05) is 4.90 Å². The van der Waals surface area contributed by atoms with E-state index < -0.39 is 0 Å². The average molecular weight is 428 g/mol. The van der Waals surface area contributed by atoms with Gasteiger partial charge in [0.2, 0.25) is 5.91 Å². The van der Waals surface area contributed by atoms with Gasteiger partial charge in [0.05, 0.1) is 6.54 Å². The van der Waals surface area contributed by atoms with Gasteiger partial charge < -0.3 is 4.90 Å². The second-order valence-corrected chi connectivity index (χ2v) is 8.95. The summed E-state index contributed by atoms with van der Waals surface area (Å²) in [6.07, 6.45) is 0.473. The fourth-order valence-electron chi connectivity index (χ4n) is 5.36. The van der Waals surface area contributed by atoms with Gasteiger partial charge in [0, 0.05) is 18.0 Å². The molecule has 0 saturated carbocycles. The van der Waals surface area contributed by atoms with Crippen molar-refractivity contribution in [1.82, 2.24) is 0 Å². The second-order valence-electron chi connectivity index (χ2n) is 8.95. The van der Waals surface area contributed by atoms with Gasteiger partial charge in [0.25, 0.3) is 0 Å². The monoisotopic (exact) mass is 427 g/mol. The molecule has 0 radical (unpaired) electrons. The molecule has 5 aromatic carbocycles. The summed E-state index contributed by atoms with van der Waals surface area (Å²) in [6.45, 7) is 2.71. The van der Waals surface area contributed by atoms with Crippen molar-refractivity contribution in [3.05, 3.63) is 125 Å². The number of benzene rings is 5. The van der Waals surface area contributed by atoms with Gasteiger partial charge >= 0.3 is 0 Å². The SMILES string of the molecule is Cc1ccccc1CN1C(=O)CC(c2cccc3ccccc23)c2c1ccc1ccccc21. The average Bonchev–Trinajstić information content (AvgIpc) is 2.86. The second kappa shape index (κ2) is 7.90. The van der Waals surface area contributed by atoms with Crippen LogP contribution in [0, 0.1) is 6.92 Å². The molecule has 0 aromatic heterocycles.